The van der Waals surface area contributed by atoms with E-state index in [0.29, 0.717) is 17.7 Å². The molecule has 0 saturated heterocycles. The van der Waals surface area contributed by atoms with Crippen molar-refractivity contribution in [2.24, 2.45) is 0 Å². The van der Waals surface area contributed by atoms with Gasteiger partial charge in [-0.25, -0.2) is 4.79 Å². The summed E-state index contributed by atoms with van der Waals surface area (Å²) in [6, 6.07) is 0. The fourth-order valence-electron chi connectivity index (χ4n) is 0.812. The van der Waals surface area contributed by atoms with Crippen molar-refractivity contribution in [1.29, 1.82) is 0 Å². The highest BCUT2D eigenvalue weighted by molar-refractivity contribution is 8.00. The maximum atomic E-state index is 10.9. The number of hydrogen-bond acceptors (Lipinski definition) is 4. The maximum absolute atomic E-state index is 10.9. The van der Waals surface area contributed by atoms with Crippen molar-refractivity contribution in [3.05, 3.63) is 12.2 Å². The zero-order valence-electron chi connectivity index (χ0n) is 8.99. The van der Waals surface area contributed by atoms with Crippen LogP contribution in [-0.4, -0.2) is 34.7 Å². The third-order valence-electron chi connectivity index (χ3n) is 1.63. The van der Waals surface area contributed by atoms with Crippen LogP contribution in [0, 0.1) is 0 Å². The Morgan fingerprint density at radius 1 is 1.53 bits per heavy atom. The minimum atomic E-state index is -0.825. The number of rotatable bonds is 7. The van der Waals surface area contributed by atoms with Crippen molar-refractivity contribution in [1.82, 2.24) is 0 Å². The normalized spacial score (nSPS) is 11.9. The second-order valence-electron chi connectivity index (χ2n) is 3.02. The van der Waals surface area contributed by atoms with Crippen LogP contribution in [0.5, 0.6) is 0 Å². The number of aliphatic carboxylic acids is 1. The molecular formula is C10H16O4S. The lowest BCUT2D eigenvalue weighted by Gasteiger charge is -2.09. The van der Waals surface area contributed by atoms with E-state index in [2.05, 4.69) is 6.58 Å². The van der Waals surface area contributed by atoms with Crippen LogP contribution in [0.2, 0.25) is 0 Å². The van der Waals surface area contributed by atoms with Crippen molar-refractivity contribution >= 4 is 23.7 Å². The van der Waals surface area contributed by atoms with E-state index in [9.17, 15) is 9.59 Å². The predicted molar refractivity (Wildman–Crippen MR) is 59.9 cm³/mol. The van der Waals surface area contributed by atoms with Gasteiger partial charge in [0.25, 0.3) is 0 Å². The highest BCUT2D eigenvalue weighted by Crippen LogP contribution is 2.14. The molecule has 0 heterocycles. The predicted octanol–water partition coefficient (Wildman–Crippen LogP) is 1.70. The van der Waals surface area contributed by atoms with Crippen LogP contribution in [0.25, 0.3) is 0 Å². The van der Waals surface area contributed by atoms with Gasteiger partial charge in [-0.3, -0.25) is 4.79 Å². The van der Waals surface area contributed by atoms with E-state index >= 15 is 0 Å². The second-order valence-corrected chi connectivity index (χ2v) is 4.33. The molecule has 4 nitrogen and oxygen atoms in total. The van der Waals surface area contributed by atoms with Crippen molar-refractivity contribution in [3.8, 4) is 0 Å². The molecule has 0 amide bonds. The van der Waals surface area contributed by atoms with Gasteiger partial charge >= 0.3 is 11.9 Å². The summed E-state index contributed by atoms with van der Waals surface area (Å²) < 4.78 is 4.83. The highest BCUT2D eigenvalue weighted by Gasteiger charge is 2.15. The Morgan fingerprint density at radius 3 is 2.53 bits per heavy atom. The van der Waals surface area contributed by atoms with Crippen LogP contribution in [0.4, 0.5) is 0 Å². The molecule has 1 unspecified atom stereocenters. The van der Waals surface area contributed by atoms with E-state index in [1.807, 2.05) is 6.92 Å². The molecule has 0 fully saturated rings. The number of carbonyl (C=O) groups is 2. The highest BCUT2D eigenvalue weighted by atomic mass is 32.2. The molecule has 86 valence electrons. The molecule has 0 aromatic carbocycles. The number of carboxylic acids is 1. The van der Waals surface area contributed by atoms with E-state index in [1.54, 1.807) is 6.92 Å². The van der Waals surface area contributed by atoms with Crippen molar-refractivity contribution in [2.45, 2.75) is 25.5 Å². The summed E-state index contributed by atoms with van der Waals surface area (Å²) >= 11 is 1.28. The molecule has 0 bridgehead atoms. The zero-order chi connectivity index (χ0) is 11.8. The van der Waals surface area contributed by atoms with Crippen LogP contribution in [0.3, 0.4) is 0 Å². The van der Waals surface area contributed by atoms with Gasteiger partial charge in [0, 0.05) is 11.3 Å². The SMILES string of the molecule is C=C(C)C(=O)OCCSC(CC)C(=O)O. The number of thioether (sulfide) groups is 1. The third-order valence-corrected chi connectivity index (χ3v) is 2.97. The maximum Gasteiger partial charge on any atom is 0.333 e. The van der Waals surface area contributed by atoms with E-state index in [0.717, 1.165) is 0 Å². The summed E-state index contributed by atoms with van der Waals surface area (Å²) in [5.41, 5.74) is 0.352. The van der Waals surface area contributed by atoms with E-state index in [1.165, 1.54) is 11.8 Å². The molecule has 0 aliphatic rings. The standard InChI is InChI=1S/C10H16O4S/c1-4-8(9(11)12)15-6-5-14-10(13)7(2)3/h8H,2,4-6H2,1,3H3,(H,11,12). The molecule has 5 heteroatoms. The van der Waals surface area contributed by atoms with Gasteiger partial charge in [-0.1, -0.05) is 13.5 Å². The lowest BCUT2D eigenvalue weighted by Crippen LogP contribution is -2.17. The number of carboxylic acid groups (broad SMARTS) is 1. The van der Waals surface area contributed by atoms with E-state index in [4.69, 9.17) is 9.84 Å². The Bertz CT molecular complexity index is 250. The smallest absolute Gasteiger partial charge is 0.333 e. The lowest BCUT2D eigenvalue weighted by molar-refractivity contribution is -0.138. The van der Waals surface area contributed by atoms with Crippen LogP contribution in [-0.2, 0) is 14.3 Å². The average Bonchev–Trinajstić information content (AvgIpc) is 2.16. The minimum absolute atomic E-state index is 0.222. The monoisotopic (exact) mass is 232 g/mol. The first kappa shape index (κ1) is 14.0. The van der Waals surface area contributed by atoms with Gasteiger partial charge in [-0.05, 0) is 13.3 Å². The summed E-state index contributed by atoms with van der Waals surface area (Å²) in [7, 11) is 0. The summed E-state index contributed by atoms with van der Waals surface area (Å²) in [5, 5.41) is 8.30. The first-order valence-electron chi connectivity index (χ1n) is 4.66. The quantitative estimate of drug-likeness (QED) is 0.411. The topological polar surface area (TPSA) is 63.6 Å². The largest absolute Gasteiger partial charge is 0.480 e. The van der Waals surface area contributed by atoms with Gasteiger partial charge in [0.1, 0.15) is 11.9 Å². The first-order chi connectivity index (χ1) is 6.99. The Kier molecular flexibility index (Phi) is 6.86. The Hall–Kier alpha value is -0.970. The Balaban J connectivity index is 3.66. The third kappa shape index (κ3) is 6.17. The lowest BCUT2D eigenvalue weighted by atomic mass is 10.3. The fraction of sp³-hybridized carbons (Fsp3) is 0.600. The van der Waals surface area contributed by atoms with Gasteiger partial charge in [0.2, 0.25) is 0 Å². The number of esters is 1. The van der Waals surface area contributed by atoms with Crippen LogP contribution >= 0.6 is 11.8 Å². The molecule has 0 aromatic rings. The molecule has 15 heavy (non-hydrogen) atoms. The minimum Gasteiger partial charge on any atom is -0.480 e. The Morgan fingerprint density at radius 2 is 2.13 bits per heavy atom. The van der Waals surface area contributed by atoms with Crippen LogP contribution in [0.1, 0.15) is 20.3 Å². The molecule has 0 aliphatic carbocycles. The molecule has 1 N–H and O–H groups in total. The first-order valence-corrected chi connectivity index (χ1v) is 5.71. The van der Waals surface area contributed by atoms with Crippen LogP contribution < -0.4 is 0 Å². The number of carbonyl (C=O) groups excluding carboxylic acids is 1. The van der Waals surface area contributed by atoms with Gasteiger partial charge < -0.3 is 9.84 Å². The molecule has 0 spiro atoms. The van der Waals surface area contributed by atoms with Crippen LogP contribution in [0.15, 0.2) is 12.2 Å². The molecule has 0 radical (unpaired) electrons. The number of hydrogen-bond donors (Lipinski definition) is 1. The fourth-order valence-corrected chi connectivity index (χ4v) is 1.65. The molecule has 0 rings (SSSR count). The molecule has 0 aliphatic heterocycles. The molecule has 0 aromatic heterocycles. The van der Waals surface area contributed by atoms with Crippen molar-refractivity contribution < 1.29 is 19.4 Å². The molecule has 0 saturated carbocycles. The Labute approximate surface area is 93.7 Å². The van der Waals surface area contributed by atoms with Gasteiger partial charge in [-0.2, -0.15) is 0 Å². The number of ether oxygens (including phenoxy) is 1. The van der Waals surface area contributed by atoms with E-state index in [-0.39, 0.29) is 6.61 Å². The molecular weight excluding hydrogens is 216 g/mol. The van der Waals surface area contributed by atoms with Crippen molar-refractivity contribution in [3.63, 3.8) is 0 Å². The zero-order valence-corrected chi connectivity index (χ0v) is 9.80. The average molecular weight is 232 g/mol. The summed E-state index contributed by atoms with van der Waals surface area (Å²) in [6.45, 7) is 7.04. The van der Waals surface area contributed by atoms with Gasteiger partial charge in [0.05, 0.1) is 0 Å². The summed E-state index contributed by atoms with van der Waals surface area (Å²) in [4.78, 5) is 21.6. The second kappa shape index (κ2) is 7.34. The molecule has 1 atom stereocenters. The van der Waals surface area contributed by atoms with Gasteiger partial charge in [-0.15, -0.1) is 11.8 Å². The summed E-state index contributed by atoms with van der Waals surface area (Å²) in [5.74, 6) is -0.767. The summed E-state index contributed by atoms with van der Waals surface area (Å²) in [6.07, 6.45) is 0.564. The van der Waals surface area contributed by atoms with E-state index < -0.39 is 17.2 Å². The van der Waals surface area contributed by atoms with Crippen molar-refractivity contribution in [2.75, 3.05) is 12.4 Å². The van der Waals surface area contributed by atoms with Gasteiger partial charge in [0.15, 0.2) is 0 Å².